The average Bonchev–Trinajstić information content (AvgIpc) is 2.37. The molecule has 5 heteroatoms. The summed E-state index contributed by atoms with van der Waals surface area (Å²) in [6.45, 7) is 9.29. The van der Waals surface area contributed by atoms with Crippen LogP contribution >= 0.6 is 35.6 Å². The topological polar surface area (TPSA) is 6.48 Å². The molecule has 1 fully saturated rings. The molecule has 0 aliphatic carbocycles. The molecule has 0 unspecified atom stereocenters. The Kier molecular flexibility index (Phi) is 6.12. The minimum Gasteiger partial charge on any atom is -0.371 e. The van der Waals surface area contributed by atoms with Crippen molar-refractivity contribution in [2.24, 2.45) is 0 Å². The fourth-order valence-electron chi connectivity index (χ4n) is 3.51. The van der Waals surface area contributed by atoms with Gasteiger partial charge < -0.3 is 4.90 Å². The highest BCUT2D eigenvalue weighted by Gasteiger charge is 2.44. The van der Waals surface area contributed by atoms with Crippen LogP contribution in [0.3, 0.4) is 0 Å². The Labute approximate surface area is 151 Å². The van der Waals surface area contributed by atoms with Crippen LogP contribution in [-0.4, -0.2) is 36.1 Å². The van der Waals surface area contributed by atoms with Crippen LogP contribution in [0.5, 0.6) is 0 Å². The molecule has 1 aromatic rings. The van der Waals surface area contributed by atoms with Crippen molar-refractivity contribution < 1.29 is 0 Å². The van der Waals surface area contributed by atoms with Gasteiger partial charge in [-0.2, -0.15) is 0 Å². The highest BCUT2D eigenvalue weighted by Crippen LogP contribution is 2.40. The third kappa shape index (κ3) is 3.84. The Morgan fingerprint density at radius 1 is 1.05 bits per heavy atom. The van der Waals surface area contributed by atoms with E-state index < -0.39 is 0 Å². The molecule has 126 valence electrons. The van der Waals surface area contributed by atoms with E-state index in [0.717, 1.165) is 18.5 Å². The normalized spacial score (nSPS) is 21.3. The number of hydrogen-bond donors (Lipinski definition) is 0. The zero-order chi connectivity index (χ0) is 16.0. The van der Waals surface area contributed by atoms with E-state index in [1.807, 2.05) is 18.2 Å². The maximum Gasteiger partial charge on any atom is 0.0612 e. The minimum absolute atomic E-state index is 0. The second-order valence-electron chi connectivity index (χ2n) is 7.46. The van der Waals surface area contributed by atoms with Gasteiger partial charge in [-0.3, -0.25) is 4.90 Å². The molecule has 1 aliphatic rings. The number of rotatable bonds is 2. The highest BCUT2D eigenvalue weighted by atomic mass is 35.5. The molecule has 0 spiro atoms. The van der Waals surface area contributed by atoms with Crippen LogP contribution in [0.15, 0.2) is 18.2 Å². The lowest BCUT2D eigenvalue weighted by Crippen LogP contribution is -2.62. The van der Waals surface area contributed by atoms with E-state index in [0.29, 0.717) is 16.1 Å². The van der Waals surface area contributed by atoms with Crippen LogP contribution < -0.4 is 4.90 Å². The van der Waals surface area contributed by atoms with Gasteiger partial charge in [-0.25, -0.2) is 0 Å². The summed E-state index contributed by atoms with van der Waals surface area (Å²) in [6.07, 6.45) is 2.26. The van der Waals surface area contributed by atoms with Crippen molar-refractivity contribution >= 4 is 41.3 Å². The van der Waals surface area contributed by atoms with E-state index in [2.05, 4.69) is 51.6 Å². The maximum absolute atomic E-state index is 6.17. The molecule has 2 nitrogen and oxygen atoms in total. The van der Waals surface area contributed by atoms with E-state index in [-0.39, 0.29) is 23.5 Å². The standard InChI is InChI=1S/C17H26Cl2N2.ClH/c1-16(2)10-13(11-17(3,4)21(16)6)20(5)12-7-8-14(18)15(19)9-12;/h7-9,13H,10-11H2,1-6H3;1H. The zero-order valence-electron chi connectivity index (χ0n) is 14.3. The summed E-state index contributed by atoms with van der Waals surface area (Å²) in [6, 6.07) is 6.37. The van der Waals surface area contributed by atoms with Gasteiger partial charge in [-0.05, 0) is 65.8 Å². The van der Waals surface area contributed by atoms with Crippen molar-refractivity contribution in [1.82, 2.24) is 4.90 Å². The first kappa shape index (κ1) is 19.9. The highest BCUT2D eigenvalue weighted by molar-refractivity contribution is 6.42. The molecule has 1 saturated heterocycles. The summed E-state index contributed by atoms with van der Waals surface area (Å²) in [5.74, 6) is 0. The van der Waals surface area contributed by atoms with Crippen LogP contribution in [0, 0.1) is 0 Å². The van der Waals surface area contributed by atoms with Crippen LogP contribution in [0.4, 0.5) is 5.69 Å². The Morgan fingerprint density at radius 2 is 1.55 bits per heavy atom. The molecular formula is C17H27Cl3N2. The largest absolute Gasteiger partial charge is 0.371 e. The molecule has 0 atom stereocenters. The van der Waals surface area contributed by atoms with Gasteiger partial charge >= 0.3 is 0 Å². The van der Waals surface area contributed by atoms with Crippen LogP contribution in [0.2, 0.25) is 10.0 Å². The lowest BCUT2D eigenvalue weighted by Gasteiger charge is -2.55. The smallest absolute Gasteiger partial charge is 0.0612 e. The lowest BCUT2D eigenvalue weighted by atomic mass is 9.77. The Bertz CT molecular complexity index is 511. The van der Waals surface area contributed by atoms with Gasteiger partial charge in [0.2, 0.25) is 0 Å². The molecule has 0 aromatic heterocycles. The second-order valence-corrected chi connectivity index (χ2v) is 8.27. The van der Waals surface area contributed by atoms with Gasteiger partial charge in [-0.15, -0.1) is 12.4 Å². The van der Waals surface area contributed by atoms with Crippen molar-refractivity contribution in [3.05, 3.63) is 28.2 Å². The van der Waals surface area contributed by atoms with Crippen molar-refractivity contribution in [1.29, 1.82) is 0 Å². The Morgan fingerprint density at radius 3 is 2.00 bits per heavy atom. The monoisotopic (exact) mass is 364 g/mol. The maximum atomic E-state index is 6.17. The van der Waals surface area contributed by atoms with Gasteiger partial charge in [0.05, 0.1) is 10.0 Å². The van der Waals surface area contributed by atoms with Crippen molar-refractivity contribution in [3.8, 4) is 0 Å². The molecule has 2 rings (SSSR count). The number of benzene rings is 1. The molecule has 22 heavy (non-hydrogen) atoms. The summed E-state index contributed by atoms with van der Waals surface area (Å²) >= 11 is 12.2. The summed E-state index contributed by atoms with van der Waals surface area (Å²) < 4.78 is 0. The van der Waals surface area contributed by atoms with Crippen LogP contribution in [0.25, 0.3) is 0 Å². The van der Waals surface area contributed by atoms with Crippen LogP contribution in [0.1, 0.15) is 40.5 Å². The van der Waals surface area contributed by atoms with Gasteiger partial charge in [-0.1, -0.05) is 23.2 Å². The third-order valence-electron chi connectivity index (χ3n) is 5.14. The first-order chi connectivity index (χ1) is 9.54. The molecule has 0 radical (unpaired) electrons. The predicted molar refractivity (Wildman–Crippen MR) is 101 cm³/mol. The molecule has 0 amide bonds. The van der Waals surface area contributed by atoms with E-state index in [9.17, 15) is 0 Å². The average molecular weight is 366 g/mol. The van der Waals surface area contributed by atoms with Crippen molar-refractivity contribution in [3.63, 3.8) is 0 Å². The first-order valence-electron chi connectivity index (χ1n) is 7.46. The molecule has 0 bridgehead atoms. The van der Waals surface area contributed by atoms with Gasteiger partial charge in [0.1, 0.15) is 0 Å². The van der Waals surface area contributed by atoms with Crippen LogP contribution in [-0.2, 0) is 0 Å². The number of anilines is 1. The SMILES string of the molecule is CN(c1ccc(Cl)c(Cl)c1)C1CC(C)(C)N(C)C(C)(C)C1.Cl. The summed E-state index contributed by atoms with van der Waals surface area (Å²) in [5.41, 5.74) is 1.49. The van der Waals surface area contributed by atoms with Gasteiger partial charge in [0, 0.05) is 29.9 Å². The quantitative estimate of drug-likeness (QED) is 0.682. The molecule has 1 heterocycles. The number of hydrogen-bond acceptors (Lipinski definition) is 2. The summed E-state index contributed by atoms with van der Waals surface area (Å²) in [4.78, 5) is 4.85. The lowest BCUT2D eigenvalue weighted by molar-refractivity contribution is -0.0119. The van der Waals surface area contributed by atoms with E-state index in [4.69, 9.17) is 23.2 Å². The molecule has 0 N–H and O–H groups in total. The predicted octanol–water partition coefficient (Wildman–Crippen LogP) is 5.50. The Balaban J connectivity index is 0.00000242. The van der Waals surface area contributed by atoms with E-state index in [1.165, 1.54) is 0 Å². The number of nitrogens with zero attached hydrogens (tertiary/aromatic N) is 2. The van der Waals surface area contributed by atoms with Crippen molar-refractivity contribution in [2.45, 2.75) is 57.7 Å². The van der Waals surface area contributed by atoms with Gasteiger partial charge in [0.15, 0.2) is 0 Å². The minimum atomic E-state index is 0. The molecule has 0 saturated carbocycles. The third-order valence-corrected chi connectivity index (χ3v) is 5.88. The summed E-state index contributed by atoms with van der Waals surface area (Å²) in [7, 11) is 4.39. The first-order valence-corrected chi connectivity index (χ1v) is 8.22. The van der Waals surface area contributed by atoms with E-state index >= 15 is 0 Å². The molecule has 1 aliphatic heterocycles. The fraction of sp³-hybridized carbons (Fsp3) is 0.647. The Hall–Kier alpha value is -0.150. The van der Waals surface area contributed by atoms with Crippen molar-refractivity contribution in [2.75, 3.05) is 19.0 Å². The number of piperidine rings is 1. The second kappa shape index (κ2) is 6.76. The number of halogens is 3. The molecule has 1 aromatic carbocycles. The zero-order valence-corrected chi connectivity index (χ0v) is 16.6. The van der Waals surface area contributed by atoms with E-state index in [1.54, 1.807) is 0 Å². The fourth-order valence-corrected chi connectivity index (χ4v) is 3.80. The molecular weight excluding hydrogens is 339 g/mol. The number of likely N-dealkylation sites (tertiary alicyclic amines) is 1. The summed E-state index contributed by atoms with van der Waals surface area (Å²) in [5, 5.41) is 1.23. The van der Waals surface area contributed by atoms with Gasteiger partial charge in [0.25, 0.3) is 0 Å².